The predicted molar refractivity (Wildman–Crippen MR) is 134 cm³/mol. The Labute approximate surface area is 202 Å². The Bertz CT molecular complexity index is 1500. The summed E-state index contributed by atoms with van der Waals surface area (Å²) < 4.78 is 11.1. The molecule has 0 N–H and O–H groups in total. The van der Waals surface area contributed by atoms with E-state index in [2.05, 4.69) is 6.92 Å². The number of hydrogen-bond acceptors (Lipinski definition) is 5. The van der Waals surface area contributed by atoms with Gasteiger partial charge in [-0.2, -0.15) is 0 Å². The lowest BCUT2D eigenvalue weighted by Gasteiger charge is -2.25. The van der Waals surface area contributed by atoms with Gasteiger partial charge in [-0.1, -0.05) is 42.8 Å². The fourth-order valence-electron chi connectivity index (χ4n) is 4.58. The lowest BCUT2D eigenvalue weighted by molar-refractivity contribution is 0.0526. The molecule has 1 aliphatic heterocycles. The number of ether oxygens (including phenoxy) is 1. The second-order valence-electron chi connectivity index (χ2n) is 8.61. The van der Waals surface area contributed by atoms with Crippen molar-refractivity contribution in [1.82, 2.24) is 0 Å². The molecule has 0 fully saturated rings. The first-order valence-corrected chi connectivity index (χ1v) is 11.7. The number of nitrogens with zero attached hydrogens (tertiary/aromatic N) is 1. The van der Waals surface area contributed by atoms with E-state index in [1.54, 1.807) is 48.2 Å². The van der Waals surface area contributed by atoms with E-state index in [1.807, 2.05) is 37.3 Å². The molecule has 0 aliphatic carbocycles. The van der Waals surface area contributed by atoms with Gasteiger partial charge in [-0.25, -0.2) is 4.79 Å². The fourth-order valence-corrected chi connectivity index (χ4v) is 4.58. The molecule has 0 radical (unpaired) electrons. The van der Waals surface area contributed by atoms with Gasteiger partial charge in [0.25, 0.3) is 5.91 Å². The first kappa shape index (κ1) is 22.6. The van der Waals surface area contributed by atoms with Crippen LogP contribution in [0.4, 0.5) is 5.69 Å². The quantitative estimate of drug-likeness (QED) is 0.358. The van der Waals surface area contributed by atoms with Crippen molar-refractivity contribution in [2.24, 2.45) is 0 Å². The normalized spacial score (nSPS) is 14.9. The van der Waals surface area contributed by atoms with Crippen LogP contribution in [0.5, 0.6) is 0 Å². The van der Waals surface area contributed by atoms with Gasteiger partial charge >= 0.3 is 5.97 Å². The summed E-state index contributed by atoms with van der Waals surface area (Å²) in [6.45, 7) is 6.01. The third-order valence-corrected chi connectivity index (χ3v) is 6.39. The van der Waals surface area contributed by atoms with Crippen LogP contribution in [-0.2, 0) is 11.2 Å². The molecule has 4 aromatic rings. The van der Waals surface area contributed by atoms with Crippen molar-refractivity contribution in [2.45, 2.75) is 33.2 Å². The molecule has 3 aromatic carbocycles. The third-order valence-electron chi connectivity index (χ3n) is 6.39. The molecule has 0 bridgehead atoms. The highest BCUT2D eigenvalue weighted by atomic mass is 16.5. The standard InChI is InChI=1S/C29H25NO5/c1-4-18-7-9-19(10-8-18)25-24-26(31)22-16-17(3)6-15-23(22)35-27(24)28(32)30(25)21-13-11-20(12-14-21)29(33)34-5-2/h6-16,25H,4-5H2,1-3H3. The van der Waals surface area contributed by atoms with Crippen LogP contribution in [0.3, 0.4) is 0 Å². The maximum atomic E-state index is 13.7. The van der Waals surface area contributed by atoms with E-state index in [1.165, 1.54) is 0 Å². The number of amides is 1. The molecule has 0 spiro atoms. The molecule has 35 heavy (non-hydrogen) atoms. The summed E-state index contributed by atoms with van der Waals surface area (Å²) in [6.07, 6.45) is 0.881. The molecule has 176 valence electrons. The SMILES string of the molecule is CCOC(=O)c1ccc(N2C(=O)c3oc4ccc(C)cc4c(=O)c3C2c2ccc(CC)cc2)cc1. The van der Waals surface area contributed by atoms with E-state index in [0.29, 0.717) is 27.8 Å². The first-order chi connectivity index (χ1) is 16.9. The molecule has 2 heterocycles. The van der Waals surface area contributed by atoms with Crippen LogP contribution in [0.2, 0.25) is 0 Å². The lowest BCUT2D eigenvalue weighted by atomic mass is 9.96. The summed E-state index contributed by atoms with van der Waals surface area (Å²) in [4.78, 5) is 41.1. The van der Waals surface area contributed by atoms with Gasteiger partial charge in [0.2, 0.25) is 5.76 Å². The highest BCUT2D eigenvalue weighted by molar-refractivity contribution is 6.10. The number of rotatable bonds is 5. The molecule has 1 aliphatic rings. The van der Waals surface area contributed by atoms with E-state index in [0.717, 1.165) is 23.1 Å². The zero-order chi connectivity index (χ0) is 24.7. The zero-order valence-corrected chi connectivity index (χ0v) is 19.8. The summed E-state index contributed by atoms with van der Waals surface area (Å²) >= 11 is 0. The third kappa shape index (κ3) is 3.81. The number of carbonyl (C=O) groups is 2. The van der Waals surface area contributed by atoms with Gasteiger partial charge in [0, 0.05) is 5.69 Å². The van der Waals surface area contributed by atoms with Gasteiger partial charge in [0.05, 0.1) is 29.2 Å². The van der Waals surface area contributed by atoms with Crippen LogP contribution in [0.15, 0.2) is 75.9 Å². The first-order valence-electron chi connectivity index (χ1n) is 11.7. The van der Waals surface area contributed by atoms with E-state index in [-0.39, 0.29) is 17.8 Å². The smallest absolute Gasteiger partial charge is 0.338 e. The Kier molecular flexibility index (Phi) is 5.73. The number of hydrogen-bond donors (Lipinski definition) is 0. The van der Waals surface area contributed by atoms with Gasteiger partial charge in [0.15, 0.2) is 5.43 Å². The lowest BCUT2D eigenvalue weighted by Crippen LogP contribution is -2.29. The molecule has 6 heteroatoms. The monoisotopic (exact) mass is 467 g/mol. The number of aryl methyl sites for hydroxylation is 2. The molecule has 5 rings (SSSR count). The number of esters is 1. The van der Waals surface area contributed by atoms with Crippen LogP contribution in [0.25, 0.3) is 11.0 Å². The Balaban J connectivity index is 1.70. The van der Waals surface area contributed by atoms with Crippen LogP contribution < -0.4 is 10.3 Å². The van der Waals surface area contributed by atoms with Gasteiger partial charge in [-0.15, -0.1) is 0 Å². The van der Waals surface area contributed by atoms with Crippen LogP contribution in [-0.4, -0.2) is 18.5 Å². The van der Waals surface area contributed by atoms with Crippen LogP contribution in [0.1, 0.15) is 63.1 Å². The number of anilines is 1. The van der Waals surface area contributed by atoms with Crippen molar-refractivity contribution in [2.75, 3.05) is 11.5 Å². The number of carbonyl (C=O) groups excluding carboxylic acids is 2. The minimum absolute atomic E-state index is 0.0467. The largest absolute Gasteiger partial charge is 0.462 e. The maximum absolute atomic E-state index is 13.7. The topological polar surface area (TPSA) is 76.8 Å². The average molecular weight is 468 g/mol. The van der Waals surface area contributed by atoms with Crippen molar-refractivity contribution < 1.29 is 18.7 Å². The van der Waals surface area contributed by atoms with Crippen molar-refractivity contribution in [3.8, 4) is 0 Å². The summed E-state index contributed by atoms with van der Waals surface area (Å²) in [5, 5.41) is 0.450. The highest BCUT2D eigenvalue weighted by Gasteiger charge is 2.43. The Morgan fingerprint density at radius 3 is 2.34 bits per heavy atom. The van der Waals surface area contributed by atoms with Gasteiger partial charge < -0.3 is 9.15 Å². The summed E-state index contributed by atoms with van der Waals surface area (Å²) in [7, 11) is 0. The maximum Gasteiger partial charge on any atom is 0.338 e. The summed E-state index contributed by atoms with van der Waals surface area (Å²) in [6, 6.07) is 19.3. The molecule has 1 atom stereocenters. The van der Waals surface area contributed by atoms with E-state index in [4.69, 9.17) is 9.15 Å². The molecule has 1 amide bonds. The Hall–Kier alpha value is -4.19. The molecule has 1 unspecified atom stereocenters. The molecular weight excluding hydrogens is 442 g/mol. The van der Waals surface area contributed by atoms with Crippen LogP contribution in [0, 0.1) is 6.92 Å². The van der Waals surface area contributed by atoms with E-state index in [9.17, 15) is 14.4 Å². The molecule has 6 nitrogen and oxygen atoms in total. The van der Waals surface area contributed by atoms with Crippen LogP contribution >= 0.6 is 0 Å². The molecule has 0 saturated carbocycles. The number of benzene rings is 3. The average Bonchev–Trinajstić information content (AvgIpc) is 3.17. The minimum atomic E-state index is -0.655. The van der Waals surface area contributed by atoms with Crippen molar-refractivity contribution in [1.29, 1.82) is 0 Å². The second-order valence-corrected chi connectivity index (χ2v) is 8.61. The van der Waals surface area contributed by atoms with Gasteiger partial charge in [-0.3, -0.25) is 14.5 Å². The minimum Gasteiger partial charge on any atom is -0.462 e. The molecular formula is C29H25NO5. The van der Waals surface area contributed by atoms with Gasteiger partial charge in [-0.05, 0) is 67.8 Å². The molecule has 0 saturated heterocycles. The highest BCUT2D eigenvalue weighted by Crippen LogP contribution is 2.41. The van der Waals surface area contributed by atoms with Crippen molar-refractivity contribution in [3.05, 3.63) is 111 Å². The van der Waals surface area contributed by atoms with Crippen molar-refractivity contribution in [3.63, 3.8) is 0 Å². The van der Waals surface area contributed by atoms with E-state index >= 15 is 0 Å². The van der Waals surface area contributed by atoms with Gasteiger partial charge in [0.1, 0.15) is 5.58 Å². The Morgan fingerprint density at radius 1 is 0.971 bits per heavy atom. The summed E-state index contributed by atoms with van der Waals surface area (Å²) in [5.41, 5.74) is 4.34. The predicted octanol–water partition coefficient (Wildman–Crippen LogP) is 5.59. The van der Waals surface area contributed by atoms with Crippen molar-refractivity contribution >= 4 is 28.5 Å². The van der Waals surface area contributed by atoms with E-state index < -0.39 is 17.9 Å². The molecule has 1 aromatic heterocycles. The Morgan fingerprint density at radius 2 is 1.69 bits per heavy atom. The number of fused-ring (bicyclic) bond motifs is 2. The fraction of sp³-hybridized carbons (Fsp3) is 0.207. The summed E-state index contributed by atoms with van der Waals surface area (Å²) in [5.74, 6) is -0.779. The zero-order valence-electron chi connectivity index (χ0n) is 19.8. The second kappa shape index (κ2) is 8.87.